The van der Waals surface area contributed by atoms with Gasteiger partial charge in [-0.15, -0.1) is 0 Å². The summed E-state index contributed by atoms with van der Waals surface area (Å²) in [5, 5.41) is 0. The van der Waals surface area contributed by atoms with Crippen LogP contribution in [0.5, 0.6) is 0 Å². The van der Waals surface area contributed by atoms with Crippen LogP contribution in [0.1, 0.15) is 0 Å². The van der Waals surface area contributed by atoms with E-state index in [2.05, 4.69) is 8.62 Å². The van der Waals surface area contributed by atoms with Gasteiger partial charge in [-0.2, -0.15) is 0 Å². The summed E-state index contributed by atoms with van der Waals surface area (Å²) in [5.41, 5.74) is 0. The van der Waals surface area contributed by atoms with Gasteiger partial charge in [-0.3, -0.25) is 0 Å². The number of rotatable bonds is 4. The first kappa shape index (κ1) is 34.9. The molecule has 0 fully saturated rings. The molecule has 0 aromatic heterocycles. The second-order valence-electron chi connectivity index (χ2n) is 1.95. The van der Waals surface area contributed by atoms with E-state index >= 15 is 0 Å². The van der Waals surface area contributed by atoms with Crippen LogP contribution < -0.4 is 68.7 Å². The Hall–Kier alpha value is 2.62. The van der Waals surface area contributed by atoms with Gasteiger partial charge in [-0.05, 0) is 0 Å². The monoisotopic (exact) mass is 478 g/mol. The van der Waals surface area contributed by atoms with Crippen LogP contribution in [0.25, 0.3) is 0 Å². The Morgan fingerprint density at radius 3 is 0.619 bits per heavy atom. The van der Waals surface area contributed by atoms with E-state index in [1.54, 1.807) is 0 Å². The third-order valence-corrected chi connectivity index (χ3v) is 3.60. The van der Waals surface area contributed by atoms with Gasteiger partial charge in [0.25, 0.3) is 0 Å². The van der Waals surface area contributed by atoms with Gasteiger partial charge in [0, 0.05) is 18.6 Å². The minimum Gasteiger partial charge on any atom is -0.790 e. The fourth-order valence-electron chi connectivity index (χ4n) is 0.245. The van der Waals surface area contributed by atoms with Crippen LogP contribution in [0.2, 0.25) is 0 Å². The zero-order valence-corrected chi connectivity index (χ0v) is 17.4. The molecule has 0 saturated carbocycles. The third-order valence-electron chi connectivity index (χ3n) is 0.400. The van der Waals surface area contributed by atoms with E-state index in [0.29, 0.717) is 0 Å². The molecule has 0 rings (SSSR count). The Labute approximate surface area is 161 Å². The summed E-state index contributed by atoms with van der Waals surface area (Å²) in [6.45, 7) is 0. The van der Waals surface area contributed by atoms with Crippen LogP contribution in [-0.4, -0.2) is 0 Å². The van der Waals surface area contributed by atoms with Crippen LogP contribution in [0, 0.1) is 0 Å². The molecular weight excluding hydrogens is 478 g/mol. The van der Waals surface area contributed by atoms with E-state index in [0.717, 1.165) is 0 Å². The van der Waals surface area contributed by atoms with Gasteiger partial charge >= 0.3 is 46.6 Å². The van der Waals surface area contributed by atoms with E-state index in [4.69, 9.17) is 0 Å². The van der Waals surface area contributed by atoms with Crippen molar-refractivity contribution >= 4 is 31.3 Å². The molecule has 0 saturated heterocycles. The molecule has 0 aliphatic heterocycles. The molecule has 0 aromatic rings. The standard InChI is InChI=1S/Fe.Na.2H4O7P2.V/c;;2*1-8(2,3)7-9(4,5)6;/h;;2*(H2,1,2,3)(H2,4,5,6);/q+2;+1;;;/p-8. The summed E-state index contributed by atoms with van der Waals surface area (Å²) in [6.07, 6.45) is 0. The van der Waals surface area contributed by atoms with Crippen molar-refractivity contribution < 1.29 is 131 Å². The molecule has 21 heavy (non-hydrogen) atoms. The fraction of sp³-hybridized carbons (Fsp3) is 0. The molecule has 123 valence electrons. The first-order valence-corrected chi connectivity index (χ1v) is 8.76. The molecule has 0 aliphatic carbocycles. The zero-order valence-electron chi connectivity index (χ0n) is 9.31. The number of hydrogen-bond donors (Lipinski definition) is 0. The first-order chi connectivity index (χ1) is 7.41. The SMILES string of the molecule is O=P([O-])([O-])OP(=O)([O-])[O-].O=P([O-])([O-])OP(=O)([O-])[O-].[Fe+2].[Na+].[V]. The van der Waals surface area contributed by atoms with Crippen molar-refractivity contribution in [3.8, 4) is 0 Å². The Kier molecular flexibility index (Phi) is 21.4. The second kappa shape index (κ2) is 12.9. The normalized spacial score (nSPS) is 11.8. The molecule has 0 aliphatic rings. The Bertz CT molecular complexity index is 354. The van der Waals surface area contributed by atoms with Crippen molar-refractivity contribution in [3.63, 3.8) is 0 Å². The molecule has 0 unspecified atom stereocenters. The van der Waals surface area contributed by atoms with Crippen molar-refractivity contribution in [3.05, 3.63) is 0 Å². The zero-order chi connectivity index (χ0) is 15.4. The van der Waals surface area contributed by atoms with Gasteiger partial charge < -0.3 is 66.0 Å². The molecule has 21 heteroatoms. The van der Waals surface area contributed by atoms with Crippen LogP contribution >= 0.6 is 31.3 Å². The summed E-state index contributed by atoms with van der Waals surface area (Å²) in [7, 11) is -22.7. The fourth-order valence-corrected chi connectivity index (χ4v) is 2.20. The van der Waals surface area contributed by atoms with Gasteiger partial charge in [0.2, 0.25) is 0 Å². The predicted octanol–water partition coefficient (Wildman–Crippen LogP) is -9.68. The minimum atomic E-state index is -5.68. The average molecular weight is 478 g/mol. The van der Waals surface area contributed by atoms with E-state index in [1.807, 2.05) is 0 Å². The predicted molar refractivity (Wildman–Crippen MR) is 32.6 cm³/mol. The van der Waals surface area contributed by atoms with E-state index in [-0.39, 0.29) is 65.2 Å². The topological polar surface area (TPSA) is 271 Å². The largest absolute Gasteiger partial charge is 2.00 e. The molecule has 0 atom stereocenters. The van der Waals surface area contributed by atoms with Crippen molar-refractivity contribution in [1.29, 1.82) is 0 Å². The summed E-state index contributed by atoms with van der Waals surface area (Å²) in [6, 6.07) is 0. The van der Waals surface area contributed by atoms with Crippen molar-refractivity contribution in [2.45, 2.75) is 0 Å². The Morgan fingerprint density at radius 2 is 0.619 bits per heavy atom. The molecule has 0 N–H and O–H groups in total. The van der Waals surface area contributed by atoms with Crippen LogP contribution in [-0.2, 0) is 62.5 Å². The summed E-state index contributed by atoms with van der Waals surface area (Å²) in [4.78, 5) is 74.6. The molecule has 1 radical (unpaired) electrons. The first-order valence-electron chi connectivity index (χ1n) is 2.92. The third kappa shape index (κ3) is 45.0. The van der Waals surface area contributed by atoms with Crippen molar-refractivity contribution in [2.75, 3.05) is 0 Å². The van der Waals surface area contributed by atoms with E-state index < -0.39 is 31.3 Å². The summed E-state index contributed by atoms with van der Waals surface area (Å²) >= 11 is 0. The molecular formula is FeNaO14P4V-5. The molecule has 14 nitrogen and oxygen atoms in total. The van der Waals surface area contributed by atoms with Gasteiger partial charge in [-0.25, -0.2) is 0 Å². The van der Waals surface area contributed by atoms with Gasteiger partial charge in [0.15, 0.2) is 0 Å². The van der Waals surface area contributed by atoms with Crippen LogP contribution in [0.4, 0.5) is 0 Å². The quantitative estimate of drug-likeness (QED) is 0.268. The number of hydrogen-bond acceptors (Lipinski definition) is 14. The Morgan fingerprint density at radius 1 is 0.524 bits per heavy atom. The maximum Gasteiger partial charge on any atom is 2.00 e. The van der Waals surface area contributed by atoms with Crippen molar-refractivity contribution in [2.24, 2.45) is 0 Å². The Balaban J connectivity index is -0.0000000711. The summed E-state index contributed by atoms with van der Waals surface area (Å²) in [5.74, 6) is 0. The van der Waals surface area contributed by atoms with E-state index in [1.165, 1.54) is 0 Å². The van der Waals surface area contributed by atoms with E-state index in [9.17, 15) is 57.4 Å². The van der Waals surface area contributed by atoms with Gasteiger partial charge in [-0.1, -0.05) is 0 Å². The molecule has 0 bridgehead atoms. The van der Waals surface area contributed by atoms with Crippen molar-refractivity contribution in [1.82, 2.24) is 0 Å². The molecule has 0 amide bonds. The smallest absolute Gasteiger partial charge is 0.790 e. The maximum absolute atomic E-state index is 9.32. The second-order valence-corrected chi connectivity index (χ2v) is 6.84. The average Bonchev–Trinajstić information content (AvgIpc) is 1.64. The van der Waals surface area contributed by atoms with Crippen LogP contribution in [0.3, 0.4) is 0 Å². The molecule has 0 aromatic carbocycles. The maximum atomic E-state index is 9.32. The summed E-state index contributed by atoms with van der Waals surface area (Å²) < 4.78 is 42.3. The van der Waals surface area contributed by atoms with Crippen LogP contribution in [0.15, 0.2) is 0 Å². The minimum absolute atomic E-state index is 0. The van der Waals surface area contributed by atoms with Gasteiger partial charge in [0.05, 0.1) is 31.3 Å². The molecule has 0 spiro atoms. The number of phosphoric acid groups is 4. The molecule has 0 heterocycles. The van der Waals surface area contributed by atoms with Gasteiger partial charge in [0.1, 0.15) is 0 Å².